The lowest BCUT2D eigenvalue weighted by Crippen LogP contribution is -2.50. The Balaban J connectivity index is 3.20. The molecule has 0 bridgehead atoms. The van der Waals surface area contributed by atoms with Gasteiger partial charge < -0.3 is 10.2 Å². The van der Waals surface area contributed by atoms with Crippen LogP contribution in [0.4, 0.5) is 4.39 Å². The van der Waals surface area contributed by atoms with Gasteiger partial charge >= 0.3 is 0 Å². The minimum absolute atomic E-state index is 0.0452. The van der Waals surface area contributed by atoms with Crippen LogP contribution < -0.4 is 5.32 Å². The number of nitrogens with one attached hydrogen (secondary N) is 1. The summed E-state index contributed by atoms with van der Waals surface area (Å²) in [6, 6.07) is 5.61. The number of halogens is 1. The molecule has 0 radical (unpaired) electrons. The van der Waals surface area contributed by atoms with Crippen molar-refractivity contribution in [1.82, 2.24) is 10.2 Å². The van der Waals surface area contributed by atoms with Gasteiger partial charge in [-0.25, -0.2) is 4.39 Å². The Morgan fingerprint density at radius 1 is 1.39 bits per heavy atom. The molecule has 0 aliphatic rings. The molecule has 0 saturated carbocycles. The smallest absolute Gasteiger partial charge is 0.126 e. The topological polar surface area (TPSA) is 15.3 Å². The van der Waals surface area contributed by atoms with Gasteiger partial charge in [-0.2, -0.15) is 0 Å². The van der Waals surface area contributed by atoms with Crippen LogP contribution in [0.3, 0.4) is 0 Å². The molecule has 1 rings (SSSR count). The first-order valence-electron chi connectivity index (χ1n) is 6.47. The molecule has 0 heterocycles. The molecule has 1 aromatic rings. The predicted molar refractivity (Wildman–Crippen MR) is 75.3 cm³/mol. The van der Waals surface area contributed by atoms with Crippen LogP contribution >= 0.6 is 0 Å². The van der Waals surface area contributed by atoms with Crippen LogP contribution in [0.1, 0.15) is 37.4 Å². The van der Waals surface area contributed by atoms with Crippen molar-refractivity contribution in [2.45, 2.75) is 38.8 Å². The molecular formula is C15H25FN2. The average molecular weight is 252 g/mol. The van der Waals surface area contributed by atoms with E-state index in [1.54, 1.807) is 13.0 Å². The maximum Gasteiger partial charge on any atom is 0.126 e. The lowest BCUT2D eigenvalue weighted by atomic mass is 9.83. The molecule has 3 heteroatoms. The van der Waals surface area contributed by atoms with Gasteiger partial charge in [-0.05, 0) is 58.6 Å². The van der Waals surface area contributed by atoms with Crippen LogP contribution in [0.2, 0.25) is 0 Å². The maximum absolute atomic E-state index is 13.7. The third kappa shape index (κ3) is 2.73. The fraction of sp³-hybridized carbons (Fsp3) is 0.600. The van der Waals surface area contributed by atoms with Gasteiger partial charge in [-0.3, -0.25) is 0 Å². The first-order chi connectivity index (χ1) is 8.36. The molecule has 0 aliphatic carbocycles. The quantitative estimate of drug-likeness (QED) is 0.866. The minimum atomic E-state index is -0.134. The highest BCUT2D eigenvalue weighted by Gasteiger charge is 2.35. The Morgan fingerprint density at radius 3 is 2.39 bits per heavy atom. The minimum Gasteiger partial charge on any atom is -0.311 e. The molecule has 1 N–H and O–H groups in total. The normalized spacial score (nSPS) is 16.7. The Morgan fingerprint density at radius 2 is 2.00 bits per heavy atom. The molecule has 0 fully saturated rings. The molecule has 0 aromatic heterocycles. The van der Waals surface area contributed by atoms with Crippen molar-refractivity contribution in [2.24, 2.45) is 0 Å². The van der Waals surface area contributed by atoms with E-state index in [0.717, 1.165) is 12.0 Å². The van der Waals surface area contributed by atoms with Crippen molar-refractivity contribution in [1.29, 1.82) is 0 Å². The van der Waals surface area contributed by atoms with Gasteiger partial charge in [0.25, 0.3) is 0 Å². The Bertz CT molecular complexity index is 403. The van der Waals surface area contributed by atoms with Crippen LogP contribution in [0.15, 0.2) is 18.2 Å². The maximum atomic E-state index is 13.7. The molecular weight excluding hydrogens is 227 g/mol. The van der Waals surface area contributed by atoms with Crippen molar-refractivity contribution >= 4 is 0 Å². The molecule has 102 valence electrons. The number of benzene rings is 1. The summed E-state index contributed by atoms with van der Waals surface area (Å²) in [5.41, 5.74) is 1.64. The van der Waals surface area contributed by atoms with Gasteiger partial charge in [0.2, 0.25) is 0 Å². The number of rotatable bonds is 5. The number of hydrogen-bond acceptors (Lipinski definition) is 2. The summed E-state index contributed by atoms with van der Waals surface area (Å²) in [5, 5.41) is 3.33. The molecule has 2 nitrogen and oxygen atoms in total. The summed E-state index contributed by atoms with van der Waals surface area (Å²) < 4.78 is 13.7. The summed E-state index contributed by atoms with van der Waals surface area (Å²) in [7, 11) is 6.07. The third-order valence-electron chi connectivity index (χ3n) is 4.18. The highest BCUT2D eigenvalue weighted by molar-refractivity contribution is 5.28. The van der Waals surface area contributed by atoms with Crippen LogP contribution in [0.5, 0.6) is 0 Å². The molecule has 0 aliphatic heterocycles. The Hall–Kier alpha value is -0.930. The van der Waals surface area contributed by atoms with E-state index in [1.807, 2.05) is 19.2 Å². The van der Waals surface area contributed by atoms with Gasteiger partial charge in [0.05, 0.1) is 6.04 Å². The van der Waals surface area contributed by atoms with Gasteiger partial charge in [-0.15, -0.1) is 0 Å². The van der Waals surface area contributed by atoms with E-state index in [2.05, 4.69) is 38.2 Å². The van der Waals surface area contributed by atoms with E-state index in [-0.39, 0.29) is 17.4 Å². The molecule has 0 amide bonds. The summed E-state index contributed by atoms with van der Waals surface area (Å²) in [6.07, 6.45) is 0.987. The SMILES string of the molecule is CCC(C)(C(NC)c1ccc(C)c(F)c1)N(C)C. The number of nitrogens with zero attached hydrogens (tertiary/aromatic N) is 1. The van der Waals surface area contributed by atoms with Crippen LogP contribution in [-0.4, -0.2) is 31.6 Å². The number of likely N-dealkylation sites (N-methyl/N-ethyl adjacent to an activating group) is 2. The highest BCUT2D eigenvalue weighted by Crippen LogP contribution is 2.33. The van der Waals surface area contributed by atoms with Gasteiger partial charge in [0, 0.05) is 5.54 Å². The first kappa shape index (κ1) is 15.1. The highest BCUT2D eigenvalue weighted by atomic mass is 19.1. The summed E-state index contributed by atoms with van der Waals surface area (Å²) in [4.78, 5) is 2.20. The summed E-state index contributed by atoms with van der Waals surface area (Å²) in [6.45, 7) is 6.15. The van der Waals surface area contributed by atoms with Crippen molar-refractivity contribution in [3.8, 4) is 0 Å². The monoisotopic (exact) mass is 252 g/mol. The molecule has 1 aromatic carbocycles. The average Bonchev–Trinajstić information content (AvgIpc) is 2.33. The Labute approximate surface area is 110 Å². The second-order valence-electron chi connectivity index (χ2n) is 5.34. The van der Waals surface area contributed by atoms with Crippen LogP contribution in [0.25, 0.3) is 0 Å². The molecule has 18 heavy (non-hydrogen) atoms. The lowest BCUT2D eigenvalue weighted by Gasteiger charge is -2.43. The molecule has 0 spiro atoms. The fourth-order valence-corrected chi connectivity index (χ4v) is 2.40. The summed E-state index contributed by atoms with van der Waals surface area (Å²) in [5.74, 6) is -0.134. The summed E-state index contributed by atoms with van der Waals surface area (Å²) >= 11 is 0. The second kappa shape index (κ2) is 5.81. The second-order valence-corrected chi connectivity index (χ2v) is 5.34. The van der Waals surface area contributed by atoms with Gasteiger partial charge in [0.15, 0.2) is 0 Å². The largest absolute Gasteiger partial charge is 0.311 e. The van der Waals surface area contributed by atoms with E-state index in [9.17, 15) is 4.39 Å². The molecule has 2 unspecified atom stereocenters. The van der Waals surface area contributed by atoms with Crippen molar-refractivity contribution < 1.29 is 4.39 Å². The zero-order valence-corrected chi connectivity index (χ0v) is 12.3. The van der Waals surface area contributed by atoms with Gasteiger partial charge in [-0.1, -0.05) is 19.1 Å². The third-order valence-corrected chi connectivity index (χ3v) is 4.18. The van der Waals surface area contributed by atoms with Crippen molar-refractivity contribution in [3.05, 3.63) is 35.1 Å². The molecule has 2 atom stereocenters. The zero-order valence-electron chi connectivity index (χ0n) is 12.3. The standard InChI is InChI=1S/C15H25FN2/c1-7-15(3,18(5)6)14(17-4)12-9-8-11(2)13(16)10-12/h8-10,14,17H,7H2,1-6H3. The fourth-order valence-electron chi connectivity index (χ4n) is 2.40. The van der Waals surface area contributed by atoms with Crippen LogP contribution in [0, 0.1) is 12.7 Å². The number of hydrogen-bond donors (Lipinski definition) is 1. The van der Waals surface area contributed by atoms with E-state index < -0.39 is 0 Å². The van der Waals surface area contributed by atoms with E-state index in [4.69, 9.17) is 0 Å². The molecule has 0 saturated heterocycles. The first-order valence-corrected chi connectivity index (χ1v) is 6.47. The lowest BCUT2D eigenvalue weighted by molar-refractivity contribution is 0.117. The Kier molecular flexibility index (Phi) is 4.88. The van der Waals surface area contributed by atoms with Gasteiger partial charge in [0.1, 0.15) is 5.82 Å². The predicted octanol–water partition coefficient (Wildman–Crippen LogP) is 3.12. The number of aryl methyl sites for hydroxylation is 1. The van der Waals surface area contributed by atoms with Crippen molar-refractivity contribution in [2.75, 3.05) is 21.1 Å². The van der Waals surface area contributed by atoms with E-state index >= 15 is 0 Å². The van der Waals surface area contributed by atoms with Crippen molar-refractivity contribution in [3.63, 3.8) is 0 Å². The van der Waals surface area contributed by atoms with E-state index in [0.29, 0.717) is 5.56 Å². The van der Waals surface area contributed by atoms with E-state index in [1.165, 1.54) is 0 Å². The van der Waals surface area contributed by atoms with Crippen LogP contribution in [-0.2, 0) is 0 Å². The zero-order chi connectivity index (χ0) is 13.9.